The van der Waals surface area contributed by atoms with Crippen molar-refractivity contribution in [1.82, 2.24) is 0 Å². The third-order valence-corrected chi connectivity index (χ3v) is 2.12. The average Bonchev–Trinajstić information content (AvgIpc) is 2.27. The van der Waals surface area contributed by atoms with Crippen LogP contribution in [-0.2, 0) is 11.3 Å². The maximum absolute atomic E-state index is 13.0. The van der Waals surface area contributed by atoms with Crippen LogP contribution in [0, 0.1) is 29.5 Å². The van der Waals surface area contributed by atoms with Crippen LogP contribution in [0.4, 0.5) is 4.39 Å². The first kappa shape index (κ1) is 12.2. The monoisotopic (exact) mass is 217 g/mol. The Kier molecular flexibility index (Phi) is 3.66. The number of hydrogen-bond donors (Lipinski definition) is 0. The highest BCUT2D eigenvalue weighted by atomic mass is 19.1. The first-order chi connectivity index (χ1) is 7.48. The minimum atomic E-state index is -0.723. The molecule has 0 unspecified atom stereocenters. The first-order valence-electron chi connectivity index (χ1n) is 4.79. The third-order valence-electron chi connectivity index (χ3n) is 2.12. The maximum Gasteiger partial charge on any atom is 0.123 e. The minimum absolute atomic E-state index is 0.123. The molecule has 0 aromatic heterocycles. The van der Waals surface area contributed by atoms with E-state index in [4.69, 9.17) is 16.4 Å². The molecule has 0 heterocycles. The largest absolute Gasteiger partial charge is 0.358 e. The highest BCUT2D eigenvalue weighted by molar-refractivity contribution is 5.37. The fourth-order valence-corrected chi connectivity index (χ4v) is 1.09. The fraction of sp³-hybridized carbons (Fsp3) is 0.308. The van der Waals surface area contributed by atoms with Crippen molar-refractivity contribution in [3.63, 3.8) is 0 Å². The molecule has 0 saturated heterocycles. The molecule has 1 rings (SSSR count). The number of benzene rings is 1. The van der Waals surface area contributed by atoms with E-state index in [1.807, 2.05) is 6.07 Å². The molecular formula is C13H12FNO. The minimum Gasteiger partial charge on any atom is -0.358 e. The summed E-state index contributed by atoms with van der Waals surface area (Å²) in [5.41, 5.74) is 0.180. The lowest BCUT2D eigenvalue weighted by Gasteiger charge is -2.18. The molecule has 0 bridgehead atoms. The summed E-state index contributed by atoms with van der Waals surface area (Å²) in [4.78, 5) is 0. The summed E-state index contributed by atoms with van der Waals surface area (Å²) in [7, 11) is 0. The number of hydrogen-bond acceptors (Lipinski definition) is 2. The molecule has 0 aliphatic heterocycles. The van der Waals surface area contributed by atoms with Crippen LogP contribution in [0.2, 0.25) is 0 Å². The number of rotatable bonds is 3. The summed E-state index contributed by atoms with van der Waals surface area (Å²) < 4.78 is 18.4. The lowest BCUT2D eigenvalue weighted by molar-refractivity contribution is 0.0143. The fourth-order valence-electron chi connectivity index (χ4n) is 1.09. The van der Waals surface area contributed by atoms with Crippen molar-refractivity contribution >= 4 is 0 Å². The van der Waals surface area contributed by atoms with Crippen molar-refractivity contribution in [2.45, 2.75) is 26.1 Å². The second-order valence-corrected chi connectivity index (χ2v) is 3.86. The number of nitriles is 1. The number of nitrogens with zero attached hydrogens (tertiary/aromatic N) is 1. The maximum atomic E-state index is 13.0. The Hall–Kier alpha value is -1.84. The van der Waals surface area contributed by atoms with Gasteiger partial charge in [-0.1, -0.05) is 5.92 Å². The van der Waals surface area contributed by atoms with E-state index in [0.717, 1.165) is 0 Å². The van der Waals surface area contributed by atoms with Gasteiger partial charge in [-0.2, -0.15) is 5.26 Å². The van der Waals surface area contributed by atoms with E-state index in [1.165, 1.54) is 18.2 Å². The third kappa shape index (κ3) is 3.08. The second-order valence-electron chi connectivity index (χ2n) is 3.86. The molecule has 1 aromatic rings. The molecule has 16 heavy (non-hydrogen) atoms. The average molecular weight is 217 g/mol. The van der Waals surface area contributed by atoms with E-state index in [1.54, 1.807) is 13.8 Å². The van der Waals surface area contributed by atoms with Crippen LogP contribution in [0.3, 0.4) is 0 Å². The lowest BCUT2D eigenvalue weighted by atomic mass is 10.1. The zero-order valence-electron chi connectivity index (χ0n) is 9.25. The van der Waals surface area contributed by atoms with Gasteiger partial charge in [0, 0.05) is 0 Å². The van der Waals surface area contributed by atoms with E-state index in [9.17, 15) is 4.39 Å². The molecule has 2 nitrogen and oxygen atoms in total. The first-order valence-corrected chi connectivity index (χ1v) is 4.79. The summed E-state index contributed by atoms with van der Waals surface area (Å²) in [6.45, 7) is 3.59. The number of ether oxygens (including phenoxy) is 1. The van der Waals surface area contributed by atoms with Gasteiger partial charge in [-0.3, -0.25) is 0 Å². The van der Waals surface area contributed by atoms with Gasteiger partial charge in [0.25, 0.3) is 0 Å². The Morgan fingerprint density at radius 1 is 1.50 bits per heavy atom. The predicted molar refractivity (Wildman–Crippen MR) is 58.8 cm³/mol. The molecule has 0 aliphatic carbocycles. The summed E-state index contributed by atoms with van der Waals surface area (Å²) >= 11 is 0. The van der Waals surface area contributed by atoms with Gasteiger partial charge in [0.1, 0.15) is 11.4 Å². The Balaban J connectivity index is 2.86. The Morgan fingerprint density at radius 2 is 2.19 bits per heavy atom. The number of terminal acetylenes is 1. The van der Waals surface area contributed by atoms with E-state index >= 15 is 0 Å². The summed E-state index contributed by atoms with van der Waals surface area (Å²) in [5.74, 6) is 2.07. The van der Waals surface area contributed by atoms with Crippen molar-refractivity contribution in [2.24, 2.45) is 0 Å². The summed E-state index contributed by atoms with van der Waals surface area (Å²) in [6.07, 6.45) is 5.26. The Bertz CT molecular complexity index is 466. The SMILES string of the molecule is C#CC(C)(C)OCc1cc(F)ccc1C#N. The molecule has 82 valence electrons. The zero-order chi connectivity index (χ0) is 12.2. The van der Waals surface area contributed by atoms with Crippen LogP contribution in [0.5, 0.6) is 0 Å². The lowest BCUT2D eigenvalue weighted by Crippen LogP contribution is -2.21. The van der Waals surface area contributed by atoms with E-state index in [0.29, 0.717) is 11.1 Å². The highest BCUT2D eigenvalue weighted by Crippen LogP contribution is 2.16. The quantitative estimate of drug-likeness (QED) is 0.729. The summed E-state index contributed by atoms with van der Waals surface area (Å²) in [6, 6.07) is 5.93. The van der Waals surface area contributed by atoms with Crippen LogP contribution >= 0.6 is 0 Å². The van der Waals surface area contributed by atoms with Crippen LogP contribution < -0.4 is 0 Å². The van der Waals surface area contributed by atoms with Gasteiger partial charge in [-0.15, -0.1) is 6.42 Å². The van der Waals surface area contributed by atoms with Crippen LogP contribution in [-0.4, -0.2) is 5.60 Å². The van der Waals surface area contributed by atoms with Crippen molar-refractivity contribution in [3.8, 4) is 18.4 Å². The van der Waals surface area contributed by atoms with Gasteiger partial charge in [-0.25, -0.2) is 4.39 Å². The summed E-state index contributed by atoms with van der Waals surface area (Å²) in [5, 5.41) is 8.83. The van der Waals surface area contributed by atoms with E-state index in [-0.39, 0.29) is 6.61 Å². The Morgan fingerprint density at radius 3 is 2.75 bits per heavy atom. The van der Waals surface area contributed by atoms with E-state index in [2.05, 4.69) is 5.92 Å². The topological polar surface area (TPSA) is 33.0 Å². The Labute approximate surface area is 94.7 Å². The molecule has 0 radical (unpaired) electrons. The predicted octanol–water partition coefficient (Wildman–Crippen LogP) is 2.63. The molecular weight excluding hydrogens is 205 g/mol. The van der Waals surface area contributed by atoms with Crippen molar-refractivity contribution in [1.29, 1.82) is 5.26 Å². The zero-order valence-corrected chi connectivity index (χ0v) is 9.25. The normalized spacial score (nSPS) is 10.6. The van der Waals surface area contributed by atoms with Crippen molar-refractivity contribution < 1.29 is 9.13 Å². The molecule has 3 heteroatoms. The van der Waals surface area contributed by atoms with Crippen LogP contribution in [0.1, 0.15) is 25.0 Å². The van der Waals surface area contributed by atoms with Gasteiger partial charge in [0.15, 0.2) is 0 Å². The second kappa shape index (κ2) is 4.79. The van der Waals surface area contributed by atoms with Gasteiger partial charge in [0.2, 0.25) is 0 Å². The smallest absolute Gasteiger partial charge is 0.123 e. The van der Waals surface area contributed by atoms with Crippen LogP contribution in [0.25, 0.3) is 0 Å². The van der Waals surface area contributed by atoms with E-state index < -0.39 is 11.4 Å². The van der Waals surface area contributed by atoms with Gasteiger partial charge < -0.3 is 4.74 Å². The molecule has 1 aromatic carbocycles. The molecule has 0 saturated carbocycles. The van der Waals surface area contributed by atoms with Gasteiger partial charge in [-0.05, 0) is 37.6 Å². The van der Waals surface area contributed by atoms with Crippen LogP contribution in [0.15, 0.2) is 18.2 Å². The van der Waals surface area contributed by atoms with Crippen molar-refractivity contribution in [3.05, 3.63) is 35.1 Å². The molecule has 0 fully saturated rings. The number of halogens is 1. The van der Waals surface area contributed by atoms with Gasteiger partial charge >= 0.3 is 0 Å². The highest BCUT2D eigenvalue weighted by Gasteiger charge is 2.15. The standard InChI is InChI=1S/C13H12FNO/c1-4-13(2,3)16-9-11-7-12(14)6-5-10(11)8-15/h1,5-7H,9H2,2-3H3. The molecule has 0 aliphatic rings. The molecule has 0 N–H and O–H groups in total. The molecule has 0 amide bonds. The molecule has 0 atom stereocenters. The molecule has 0 spiro atoms. The van der Waals surface area contributed by atoms with Crippen molar-refractivity contribution in [2.75, 3.05) is 0 Å². The van der Waals surface area contributed by atoms with Gasteiger partial charge in [0.05, 0.1) is 18.2 Å².